The van der Waals surface area contributed by atoms with E-state index in [1.54, 1.807) is 6.08 Å². The number of esters is 1. The van der Waals surface area contributed by atoms with Crippen LogP contribution < -0.4 is 15.2 Å². The average Bonchev–Trinajstić information content (AvgIpc) is 2.64. The Morgan fingerprint density at radius 3 is 2.52 bits per heavy atom. The van der Waals surface area contributed by atoms with Gasteiger partial charge in [0.1, 0.15) is 6.61 Å². The largest absolute Gasteiger partial charge is 0.493 e. The molecule has 0 fully saturated rings. The van der Waals surface area contributed by atoms with E-state index in [1.165, 1.54) is 25.3 Å². The zero-order chi connectivity index (χ0) is 18.1. The summed E-state index contributed by atoms with van der Waals surface area (Å²) in [5.41, 5.74) is 6.38. The number of hydrogen-bond acceptors (Lipinski definition) is 5. The Labute approximate surface area is 145 Å². The number of ether oxygens (including phenoxy) is 3. The number of carbonyl (C=O) groups excluding carboxylic acids is 2. The summed E-state index contributed by atoms with van der Waals surface area (Å²) >= 11 is 0. The quantitative estimate of drug-likeness (QED) is 0.745. The first kappa shape index (κ1) is 18.1. The van der Waals surface area contributed by atoms with E-state index in [9.17, 15) is 9.59 Å². The van der Waals surface area contributed by atoms with Crippen molar-refractivity contribution in [3.8, 4) is 11.5 Å². The second-order valence-corrected chi connectivity index (χ2v) is 5.03. The SMILES string of the molecule is COc1cc(C(=O)OC/C=C\c2ccccc2)ccc1OCC(N)=O. The van der Waals surface area contributed by atoms with Gasteiger partial charge in [-0.1, -0.05) is 36.4 Å². The van der Waals surface area contributed by atoms with Crippen molar-refractivity contribution in [3.63, 3.8) is 0 Å². The molecular weight excluding hydrogens is 322 g/mol. The molecule has 1 amide bonds. The Morgan fingerprint density at radius 1 is 1.08 bits per heavy atom. The summed E-state index contributed by atoms with van der Waals surface area (Å²) in [6, 6.07) is 14.2. The molecule has 2 aromatic rings. The molecule has 0 radical (unpaired) electrons. The van der Waals surface area contributed by atoms with Crippen molar-refractivity contribution in [1.29, 1.82) is 0 Å². The Morgan fingerprint density at radius 2 is 1.84 bits per heavy atom. The minimum absolute atomic E-state index is 0.149. The first-order valence-corrected chi connectivity index (χ1v) is 7.58. The summed E-state index contributed by atoms with van der Waals surface area (Å²) in [7, 11) is 1.43. The lowest BCUT2D eigenvalue weighted by molar-refractivity contribution is -0.119. The van der Waals surface area contributed by atoms with E-state index in [2.05, 4.69) is 0 Å². The molecule has 0 spiro atoms. The van der Waals surface area contributed by atoms with Gasteiger partial charge in [0, 0.05) is 0 Å². The lowest BCUT2D eigenvalue weighted by atomic mass is 10.2. The predicted molar refractivity (Wildman–Crippen MR) is 93.4 cm³/mol. The van der Waals surface area contributed by atoms with Crippen LogP contribution >= 0.6 is 0 Å². The molecule has 2 N–H and O–H groups in total. The van der Waals surface area contributed by atoms with Gasteiger partial charge in [-0.05, 0) is 29.8 Å². The van der Waals surface area contributed by atoms with Crippen LogP contribution in [0.3, 0.4) is 0 Å². The lowest BCUT2D eigenvalue weighted by Crippen LogP contribution is -2.20. The number of primary amides is 1. The summed E-state index contributed by atoms with van der Waals surface area (Å²) in [4.78, 5) is 22.8. The van der Waals surface area contributed by atoms with Gasteiger partial charge in [-0.15, -0.1) is 0 Å². The van der Waals surface area contributed by atoms with E-state index < -0.39 is 11.9 Å². The van der Waals surface area contributed by atoms with Gasteiger partial charge in [-0.2, -0.15) is 0 Å². The highest BCUT2D eigenvalue weighted by Crippen LogP contribution is 2.28. The van der Waals surface area contributed by atoms with Crippen LogP contribution in [0.5, 0.6) is 11.5 Å². The van der Waals surface area contributed by atoms with E-state index >= 15 is 0 Å². The third-order valence-electron chi connectivity index (χ3n) is 3.19. The van der Waals surface area contributed by atoms with Crippen molar-refractivity contribution >= 4 is 18.0 Å². The van der Waals surface area contributed by atoms with Gasteiger partial charge >= 0.3 is 5.97 Å². The van der Waals surface area contributed by atoms with Crippen LogP contribution in [0.15, 0.2) is 54.6 Å². The molecule has 0 aliphatic heterocycles. The second kappa shape index (κ2) is 9.12. The first-order chi connectivity index (χ1) is 12.1. The van der Waals surface area contributed by atoms with Crippen molar-refractivity contribution in [1.82, 2.24) is 0 Å². The fourth-order valence-corrected chi connectivity index (χ4v) is 2.02. The normalized spacial score (nSPS) is 10.4. The van der Waals surface area contributed by atoms with Crippen LogP contribution in [0, 0.1) is 0 Å². The smallest absolute Gasteiger partial charge is 0.338 e. The third kappa shape index (κ3) is 5.69. The molecule has 0 saturated carbocycles. The Hall–Kier alpha value is -3.28. The number of methoxy groups -OCH3 is 1. The van der Waals surface area contributed by atoms with Crippen molar-refractivity contribution in [2.75, 3.05) is 20.3 Å². The Balaban J connectivity index is 1.94. The summed E-state index contributed by atoms with van der Waals surface area (Å²) in [6.07, 6.45) is 3.63. The van der Waals surface area contributed by atoms with Gasteiger partial charge in [-0.3, -0.25) is 4.79 Å². The maximum absolute atomic E-state index is 12.1. The molecule has 0 aliphatic carbocycles. The van der Waals surface area contributed by atoms with E-state index in [0.717, 1.165) is 5.56 Å². The van der Waals surface area contributed by atoms with E-state index in [0.29, 0.717) is 17.1 Å². The molecule has 2 rings (SSSR count). The van der Waals surface area contributed by atoms with Gasteiger partial charge in [0.25, 0.3) is 5.91 Å². The molecule has 2 aromatic carbocycles. The number of rotatable bonds is 8. The number of hydrogen-bond donors (Lipinski definition) is 1. The van der Waals surface area contributed by atoms with E-state index in [4.69, 9.17) is 19.9 Å². The van der Waals surface area contributed by atoms with Crippen molar-refractivity contribution in [3.05, 3.63) is 65.7 Å². The highest BCUT2D eigenvalue weighted by Gasteiger charge is 2.12. The molecule has 0 aromatic heterocycles. The zero-order valence-corrected chi connectivity index (χ0v) is 13.8. The molecular formula is C19H19NO5. The summed E-state index contributed by atoms with van der Waals surface area (Å²) < 4.78 is 15.6. The molecule has 0 bridgehead atoms. The molecule has 0 atom stereocenters. The van der Waals surface area contributed by atoms with Gasteiger partial charge in [-0.25, -0.2) is 4.79 Å². The van der Waals surface area contributed by atoms with Gasteiger partial charge in [0.05, 0.1) is 12.7 Å². The lowest BCUT2D eigenvalue weighted by Gasteiger charge is -2.10. The molecule has 130 valence electrons. The number of benzene rings is 2. The second-order valence-electron chi connectivity index (χ2n) is 5.03. The van der Waals surface area contributed by atoms with Gasteiger partial charge in [0.15, 0.2) is 18.1 Å². The van der Waals surface area contributed by atoms with Crippen molar-refractivity contribution in [2.45, 2.75) is 0 Å². The maximum Gasteiger partial charge on any atom is 0.338 e. The molecule has 6 heteroatoms. The van der Waals surface area contributed by atoms with Gasteiger partial charge < -0.3 is 19.9 Å². The number of nitrogens with two attached hydrogens (primary N) is 1. The molecule has 0 heterocycles. The zero-order valence-electron chi connectivity index (χ0n) is 13.8. The standard InChI is InChI=1S/C19H19NO5/c1-23-17-12-15(9-10-16(17)25-13-18(20)21)19(22)24-11-5-8-14-6-3-2-4-7-14/h2-10,12H,11,13H2,1H3,(H2,20,21)/b8-5-. The monoisotopic (exact) mass is 341 g/mol. The van der Waals surface area contributed by atoms with Crippen molar-refractivity contribution < 1.29 is 23.8 Å². The topological polar surface area (TPSA) is 87.8 Å². The molecule has 0 unspecified atom stereocenters. The van der Waals surface area contributed by atoms with Crippen LogP contribution in [-0.4, -0.2) is 32.2 Å². The van der Waals surface area contributed by atoms with E-state index in [1.807, 2.05) is 36.4 Å². The van der Waals surface area contributed by atoms with Gasteiger partial charge in [0.2, 0.25) is 0 Å². The molecule has 25 heavy (non-hydrogen) atoms. The van der Waals surface area contributed by atoms with Crippen molar-refractivity contribution in [2.24, 2.45) is 5.73 Å². The molecule has 0 saturated heterocycles. The highest BCUT2D eigenvalue weighted by molar-refractivity contribution is 5.90. The summed E-state index contributed by atoms with van der Waals surface area (Å²) in [5.74, 6) is -0.453. The number of amides is 1. The third-order valence-corrected chi connectivity index (χ3v) is 3.19. The van der Waals surface area contributed by atoms with Crippen LogP contribution in [-0.2, 0) is 9.53 Å². The Kier molecular flexibility index (Phi) is 6.59. The minimum Gasteiger partial charge on any atom is -0.493 e. The van der Waals surface area contributed by atoms with Crippen LogP contribution in [0.1, 0.15) is 15.9 Å². The van der Waals surface area contributed by atoms with Crippen LogP contribution in [0.25, 0.3) is 6.08 Å². The number of carbonyl (C=O) groups is 2. The molecule has 6 nitrogen and oxygen atoms in total. The Bertz CT molecular complexity index is 756. The maximum atomic E-state index is 12.1. The van der Waals surface area contributed by atoms with Crippen LogP contribution in [0.2, 0.25) is 0 Å². The fraction of sp³-hybridized carbons (Fsp3) is 0.158. The summed E-state index contributed by atoms with van der Waals surface area (Å²) in [6.45, 7) is -0.125. The highest BCUT2D eigenvalue weighted by atomic mass is 16.5. The molecule has 0 aliphatic rings. The average molecular weight is 341 g/mol. The van der Waals surface area contributed by atoms with Crippen LogP contribution in [0.4, 0.5) is 0 Å². The summed E-state index contributed by atoms with van der Waals surface area (Å²) in [5, 5.41) is 0. The first-order valence-electron chi connectivity index (χ1n) is 7.58. The predicted octanol–water partition coefficient (Wildman–Crippen LogP) is 2.43. The minimum atomic E-state index is -0.601. The van der Waals surface area contributed by atoms with E-state index in [-0.39, 0.29) is 13.2 Å². The fourth-order valence-electron chi connectivity index (χ4n) is 2.02.